The van der Waals surface area contributed by atoms with Gasteiger partial charge in [0, 0.05) is 44.4 Å². The maximum Gasteiger partial charge on any atom is 0.0641 e. The van der Waals surface area contributed by atoms with Gasteiger partial charge in [-0.2, -0.15) is 0 Å². The Hall–Kier alpha value is -1.36. The van der Waals surface area contributed by atoms with Crippen LogP contribution in [0.3, 0.4) is 0 Å². The molecule has 0 fully saturated rings. The maximum atomic E-state index is 5.18. The van der Waals surface area contributed by atoms with Crippen LogP contribution >= 0.6 is 0 Å². The quantitative estimate of drug-likeness (QED) is 0.712. The molecule has 4 nitrogen and oxygen atoms in total. The van der Waals surface area contributed by atoms with E-state index in [0.29, 0.717) is 0 Å². The van der Waals surface area contributed by atoms with E-state index in [2.05, 4.69) is 40.3 Å². The van der Waals surface area contributed by atoms with Crippen molar-refractivity contribution in [1.82, 2.24) is 9.88 Å². The summed E-state index contributed by atoms with van der Waals surface area (Å²) < 4.78 is 12.5. The van der Waals surface area contributed by atoms with Crippen molar-refractivity contribution >= 4 is 10.9 Å². The molecule has 0 aliphatic heterocycles. The van der Waals surface area contributed by atoms with Gasteiger partial charge in [0.1, 0.15) is 0 Å². The number of nitrogens with one attached hydrogen (secondary N) is 1. The molecule has 0 atom stereocenters. The first-order valence-corrected chi connectivity index (χ1v) is 7.12. The second-order valence-electron chi connectivity index (χ2n) is 4.85. The van der Waals surface area contributed by atoms with Gasteiger partial charge in [0.05, 0.1) is 13.2 Å². The van der Waals surface area contributed by atoms with E-state index in [0.717, 1.165) is 39.3 Å². The number of hydrogen-bond donors (Lipinski definition) is 1. The fourth-order valence-electron chi connectivity index (χ4n) is 2.42. The average molecular weight is 276 g/mol. The molecule has 0 spiro atoms. The number of fused-ring (bicyclic) bond motifs is 1. The van der Waals surface area contributed by atoms with Crippen molar-refractivity contribution in [2.45, 2.75) is 13.0 Å². The van der Waals surface area contributed by atoms with E-state index in [-0.39, 0.29) is 0 Å². The van der Waals surface area contributed by atoms with Crippen LogP contribution in [0, 0.1) is 0 Å². The summed E-state index contributed by atoms with van der Waals surface area (Å²) in [4.78, 5) is 0. The average Bonchev–Trinajstić information content (AvgIpc) is 2.83. The molecule has 0 saturated carbocycles. The van der Waals surface area contributed by atoms with Crippen LogP contribution < -0.4 is 5.32 Å². The number of ether oxygens (including phenoxy) is 2. The van der Waals surface area contributed by atoms with Gasteiger partial charge in [-0.25, -0.2) is 0 Å². The maximum absolute atomic E-state index is 5.18. The van der Waals surface area contributed by atoms with Gasteiger partial charge in [-0.15, -0.1) is 0 Å². The molecule has 2 rings (SSSR count). The Balaban J connectivity index is 2.04. The van der Waals surface area contributed by atoms with Gasteiger partial charge in [0.2, 0.25) is 0 Å². The Morgan fingerprint density at radius 2 is 1.85 bits per heavy atom. The third-order valence-electron chi connectivity index (χ3n) is 3.46. The van der Waals surface area contributed by atoms with E-state index in [4.69, 9.17) is 9.47 Å². The molecule has 20 heavy (non-hydrogen) atoms. The van der Waals surface area contributed by atoms with Crippen LogP contribution in [0.2, 0.25) is 0 Å². The summed E-state index contributed by atoms with van der Waals surface area (Å²) in [7, 11) is 3.47. The van der Waals surface area contributed by atoms with Crippen LogP contribution in [-0.4, -0.2) is 45.1 Å². The molecule has 0 radical (unpaired) electrons. The number of benzene rings is 1. The zero-order valence-corrected chi connectivity index (χ0v) is 12.4. The molecule has 0 aliphatic rings. The van der Waals surface area contributed by atoms with Crippen LogP contribution in [-0.2, 0) is 22.4 Å². The summed E-state index contributed by atoms with van der Waals surface area (Å²) in [5.74, 6) is 0. The van der Waals surface area contributed by atoms with Gasteiger partial charge in [0.25, 0.3) is 0 Å². The van der Waals surface area contributed by atoms with Crippen molar-refractivity contribution in [2.24, 2.45) is 0 Å². The van der Waals surface area contributed by atoms with E-state index >= 15 is 0 Å². The van der Waals surface area contributed by atoms with Crippen molar-refractivity contribution in [3.63, 3.8) is 0 Å². The predicted octanol–water partition coefficient (Wildman–Crippen LogP) is 2.07. The minimum Gasteiger partial charge on any atom is -0.383 e. The second kappa shape index (κ2) is 8.04. The third-order valence-corrected chi connectivity index (χ3v) is 3.46. The van der Waals surface area contributed by atoms with Gasteiger partial charge >= 0.3 is 0 Å². The third kappa shape index (κ3) is 3.82. The zero-order valence-electron chi connectivity index (χ0n) is 12.4. The SMILES string of the molecule is COCCNCCc1cn(CCOC)c2ccccc12. The van der Waals surface area contributed by atoms with Gasteiger partial charge < -0.3 is 19.4 Å². The Labute approximate surface area is 120 Å². The number of rotatable bonds is 9. The van der Waals surface area contributed by atoms with Crippen molar-refractivity contribution < 1.29 is 9.47 Å². The first kappa shape index (κ1) is 15.0. The highest BCUT2D eigenvalue weighted by Crippen LogP contribution is 2.21. The van der Waals surface area contributed by atoms with Crippen LogP contribution in [0.25, 0.3) is 10.9 Å². The van der Waals surface area contributed by atoms with Crippen LogP contribution in [0.15, 0.2) is 30.5 Å². The Morgan fingerprint density at radius 1 is 1.05 bits per heavy atom. The van der Waals surface area contributed by atoms with Crippen molar-refractivity contribution in [1.29, 1.82) is 0 Å². The lowest BCUT2D eigenvalue weighted by Crippen LogP contribution is -2.21. The topological polar surface area (TPSA) is 35.4 Å². The molecule has 0 amide bonds. The van der Waals surface area contributed by atoms with Crippen molar-refractivity contribution in [3.05, 3.63) is 36.0 Å². The van der Waals surface area contributed by atoms with E-state index < -0.39 is 0 Å². The number of aromatic nitrogens is 1. The van der Waals surface area contributed by atoms with Gasteiger partial charge in [-0.1, -0.05) is 18.2 Å². The van der Waals surface area contributed by atoms with Crippen LogP contribution in [0.5, 0.6) is 0 Å². The molecule has 0 saturated heterocycles. The minimum absolute atomic E-state index is 0.740. The predicted molar refractivity (Wildman–Crippen MR) is 82.3 cm³/mol. The number of para-hydroxylation sites is 1. The van der Waals surface area contributed by atoms with Gasteiger partial charge in [-0.3, -0.25) is 0 Å². The molecule has 1 aromatic heterocycles. The summed E-state index contributed by atoms with van der Waals surface area (Å²) in [6.07, 6.45) is 3.28. The first-order chi connectivity index (χ1) is 9.86. The molecule has 0 bridgehead atoms. The number of nitrogens with zero attached hydrogens (tertiary/aromatic N) is 1. The summed E-state index contributed by atoms with van der Waals surface area (Å²) in [6.45, 7) is 4.27. The van der Waals surface area contributed by atoms with Crippen LogP contribution in [0.4, 0.5) is 0 Å². The second-order valence-corrected chi connectivity index (χ2v) is 4.85. The summed E-state index contributed by atoms with van der Waals surface area (Å²) in [5.41, 5.74) is 2.68. The Bertz CT molecular complexity index is 522. The molecule has 4 heteroatoms. The monoisotopic (exact) mass is 276 g/mol. The number of methoxy groups -OCH3 is 2. The smallest absolute Gasteiger partial charge is 0.0641 e. The molecule has 1 N–H and O–H groups in total. The van der Waals surface area contributed by atoms with E-state index in [9.17, 15) is 0 Å². The van der Waals surface area contributed by atoms with E-state index in [1.54, 1.807) is 14.2 Å². The fraction of sp³-hybridized carbons (Fsp3) is 0.500. The summed E-state index contributed by atoms with van der Waals surface area (Å²) in [6, 6.07) is 8.56. The van der Waals surface area contributed by atoms with Crippen molar-refractivity contribution in [2.75, 3.05) is 40.5 Å². The molecular formula is C16H24N2O2. The van der Waals surface area contributed by atoms with Crippen molar-refractivity contribution in [3.8, 4) is 0 Å². The van der Waals surface area contributed by atoms with E-state index in [1.165, 1.54) is 16.5 Å². The Morgan fingerprint density at radius 3 is 2.65 bits per heavy atom. The van der Waals surface area contributed by atoms with E-state index in [1.807, 2.05) is 0 Å². The molecule has 2 aromatic rings. The molecule has 1 heterocycles. The van der Waals surface area contributed by atoms with Crippen LogP contribution in [0.1, 0.15) is 5.56 Å². The molecule has 1 aromatic carbocycles. The largest absolute Gasteiger partial charge is 0.383 e. The lowest BCUT2D eigenvalue weighted by molar-refractivity contribution is 0.188. The Kier molecular flexibility index (Phi) is 6.05. The molecule has 0 unspecified atom stereocenters. The summed E-state index contributed by atoms with van der Waals surface area (Å²) >= 11 is 0. The highest BCUT2D eigenvalue weighted by Gasteiger charge is 2.07. The molecular weight excluding hydrogens is 252 g/mol. The number of hydrogen-bond acceptors (Lipinski definition) is 3. The highest BCUT2D eigenvalue weighted by atomic mass is 16.5. The highest BCUT2D eigenvalue weighted by molar-refractivity contribution is 5.84. The molecule has 110 valence electrons. The normalized spacial score (nSPS) is 11.3. The lowest BCUT2D eigenvalue weighted by atomic mass is 10.1. The first-order valence-electron chi connectivity index (χ1n) is 7.12. The minimum atomic E-state index is 0.740. The summed E-state index contributed by atoms with van der Waals surface area (Å²) in [5, 5.41) is 4.74. The van der Waals surface area contributed by atoms with Gasteiger partial charge in [-0.05, 0) is 24.6 Å². The standard InChI is InChI=1S/C16H24N2O2/c1-19-11-9-17-8-7-14-13-18(10-12-20-2)16-6-4-3-5-15(14)16/h3-6,13,17H,7-12H2,1-2H3. The molecule has 0 aliphatic carbocycles. The lowest BCUT2D eigenvalue weighted by Gasteiger charge is -2.03. The van der Waals surface area contributed by atoms with Gasteiger partial charge in [0.15, 0.2) is 0 Å². The zero-order chi connectivity index (χ0) is 14.2. The fourth-order valence-corrected chi connectivity index (χ4v) is 2.42.